The summed E-state index contributed by atoms with van der Waals surface area (Å²) in [5, 5.41) is 5.32. The van der Waals surface area contributed by atoms with Crippen LogP contribution in [0.15, 0.2) is 115 Å². The van der Waals surface area contributed by atoms with Gasteiger partial charge in [0.2, 0.25) is 0 Å². The fourth-order valence-electron chi connectivity index (χ4n) is 2.48. The van der Waals surface area contributed by atoms with Crippen molar-refractivity contribution in [3.05, 3.63) is 129 Å². The SMILES string of the molecule is Cl.Cl.[CH3-].[Hf+4].[c-]1ccccc1.c1ccc2[cH-]ccc2c1.c1ccc2[cH-]ccc2c1. The summed E-state index contributed by atoms with van der Waals surface area (Å²) in [5.41, 5.74) is 0. The number of fused-ring (bicyclic) bond motifs is 2. The molecule has 0 amide bonds. The molecular weight excluding hydrogens is 550 g/mol. The molecule has 0 nitrogen and oxygen atoms in total. The average molecular weight is 574 g/mol. The molecule has 0 atom stereocenters. The summed E-state index contributed by atoms with van der Waals surface area (Å²) in [5.74, 6) is 0. The molecule has 0 N–H and O–H groups in total. The van der Waals surface area contributed by atoms with Crippen molar-refractivity contribution in [1.82, 2.24) is 0 Å². The molecule has 0 radical (unpaired) electrons. The van der Waals surface area contributed by atoms with Crippen LogP contribution in [-0.4, -0.2) is 0 Å². The van der Waals surface area contributed by atoms with E-state index in [1.54, 1.807) is 0 Å². The van der Waals surface area contributed by atoms with Crippen LogP contribution in [0.3, 0.4) is 0 Å². The van der Waals surface area contributed by atoms with Gasteiger partial charge in [0.05, 0.1) is 0 Å². The van der Waals surface area contributed by atoms with Crippen LogP contribution in [0, 0.1) is 13.5 Å². The molecule has 5 rings (SSSR count). The van der Waals surface area contributed by atoms with E-state index in [1.165, 1.54) is 21.5 Å². The van der Waals surface area contributed by atoms with Crippen LogP contribution in [-0.2, 0) is 25.8 Å². The van der Waals surface area contributed by atoms with E-state index >= 15 is 0 Å². The van der Waals surface area contributed by atoms with Gasteiger partial charge >= 0.3 is 25.8 Å². The summed E-state index contributed by atoms with van der Waals surface area (Å²) in [6.07, 6.45) is 0. The topological polar surface area (TPSA) is 0 Å². The first-order chi connectivity index (χ1) is 11.9. The van der Waals surface area contributed by atoms with Crippen LogP contribution in [0.25, 0.3) is 21.5 Å². The molecule has 0 bridgehead atoms. The van der Waals surface area contributed by atoms with Gasteiger partial charge < -0.3 is 7.43 Å². The molecule has 0 spiro atoms. The molecule has 28 heavy (non-hydrogen) atoms. The summed E-state index contributed by atoms with van der Waals surface area (Å²) in [4.78, 5) is 0. The van der Waals surface area contributed by atoms with Crippen molar-refractivity contribution in [2.45, 2.75) is 0 Å². The van der Waals surface area contributed by atoms with Gasteiger partial charge in [-0.1, -0.05) is 12.1 Å². The fraction of sp³-hybridized carbons (Fsp3) is 0. The van der Waals surface area contributed by atoms with Crippen molar-refractivity contribution >= 4 is 46.4 Å². The third kappa shape index (κ3) is 9.01. The molecule has 5 aromatic rings. The zero-order valence-electron chi connectivity index (χ0n) is 15.8. The van der Waals surface area contributed by atoms with Gasteiger partial charge in [0.15, 0.2) is 0 Å². The number of hydrogen-bond acceptors (Lipinski definition) is 0. The third-order valence-electron chi connectivity index (χ3n) is 3.70. The van der Waals surface area contributed by atoms with E-state index in [2.05, 4.69) is 91.0 Å². The zero-order chi connectivity index (χ0) is 16.5. The first kappa shape index (κ1) is 28.5. The van der Waals surface area contributed by atoms with Crippen molar-refractivity contribution in [3.63, 3.8) is 0 Å². The largest absolute Gasteiger partial charge is 4.00 e. The van der Waals surface area contributed by atoms with Crippen LogP contribution in [0.1, 0.15) is 0 Å². The summed E-state index contributed by atoms with van der Waals surface area (Å²) in [6.45, 7) is 0. The normalized spacial score (nSPS) is 8.29. The van der Waals surface area contributed by atoms with E-state index in [0.29, 0.717) is 0 Å². The molecule has 5 aromatic carbocycles. The van der Waals surface area contributed by atoms with Crippen LogP contribution in [0.5, 0.6) is 0 Å². The molecule has 0 aliphatic rings. The quantitative estimate of drug-likeness (QED) is 0.131. The van der Waals surface area contributed by atoms with Gasteiger partial charge in [-0.05, 0) is 0 Å². The molecule has 0 aromatic heterocycles. The maximum atomic E-state index is 2.89. The Hall–Kier alpha value is -1.67. The van der Waals surface area contributed by atoms with Crippen LogP contribution >= 0.6 is 24.8 Å². The maximum Gasteiger partial charge on any atom is 4.00 e. The van der Waals surface area contributed by atoms with Gasteiger partial charge in [0.1, 0.15) is 0 Å². The van der Waals surface area contributed by atoms with Crippen LogP contribution in [0.4, 0.5) is 0 Å². The molecule has 0 saturated heterocycles. The van der Waals surface area contributed by atoms with Gasteiger partial charge in [-0.15, -0.1) is 84.1 Å². The molecule has 0 aliphatic heterocycles. The minimum Gasteiger partial charge on any atom is -0.358 e. The summed E-state index contributed by atoms with van der Waals surface area (Å²) in [6, 6.07) is 41.8. The molecular formula is C25H24Cl2Hf. The average Bonchev–Trinajstić information content (AvgIpc) is 3.33. The van der Waals surface area contributed by atoms with Gasteiger partial charge in [-0.25, -0.2) is 0 Å². The second kappa shape index (κ2) is 16.3. The molecule has 142 valence electrons. The van der Waals surface area contributed by atoms with E-state index in [0.717, 1.165) is 0 Å². The predicted octanol–water partition coefficient (Wildman–Crippen LogP) is 7.90. The first-order valence-electron chi connectivity index (χ1n) is 8.05. The Morgan fingerprint density at radius 1 is 0.536 bits per heavy atom. The Kier molecular flexibility index (Phi) is 16.6. The van der Waals surface area contributed by atoms with E-state index in [9.17, 15) is 0 Å². The number of rotatable bonds is 0. The maximum absolute atomic E-state index is 2.89. The Labute approximate surface area is 199 Å². The predicted molar refractivity (Wildman–Crippen MR) is 125 cm³/mol. The Bertz CT molecular complexity index is 818. The van der Waals surface area contributed by atoms with Crippen molar-refractivity contribution in [3.8, 4) is 0 Å². The molecule has 0 saturated carbocycles. The molecule has 0 heterocycles. The summed E-state index contributed by atoms with van der Waals surface area (Å²) in [7, 11) is 0. The Balaban J connectivity index is 0. The number of benzene rings is 3. The second-order valence-corrected chi connectivity index (χ2v) is 5.39. The molecule has 0 fully saturated rings. The van der Waals surface area contributed by atoms with Gasteiger partial charge in [0, 0.05) is 0 Å². The van der Waals surface area contributed by atoms with Gasteiger partial charge in [-0.2, -0.15) is 71.4 Å². The van der Waals surface area contributed by atoms with Crippen molar-refractivity contribution in [2.75, 3.05) is 0 Å². The third-order valence-corrected chi connectivity index (χ3v) is 3.70. The smallest absolute Gasteiger partial charge is 0.358 e. The number of hydrogen-bond donors (Lipinski definition) is 0. The number of halogens is 2. The zero-order valence-corrected chi connectivity index (χ0v) is 21.0. The van der Waals surface area contributed by atoms with Crippen molar-refractivity contribution in [2.24, 2.45) is 0 Å². The summed E-state index contributed by atoms with van der Waals surface area (Å²) >= 11 is 0. The van der Waals surface area contributed by atoms with Crippen molar-refractivity contribution < 1.29 is 25.8 Å². The minimum atomic E-state index is 0. The van der Waals surface area contributed by atoms with Crippen LogP contribution < -0.4 is 0 Å². The van der Waals surface area contributed by atoms with E-state index in [4.69, 9.17) is 0 Å². The second-order valence-electron chi connectivity index (χ2n) is 5.39. The molecule has 3 heteroatoms. The first-order valence-corrected chi connectivity index (χ1v) is 8.05. The Morgan fingerprint density at radius 2 is 0.964 bits per heavy atom. The van der Waals surface area contributed by atoms with Gasteiger partial charge in [-0.3, -0.25) is 0 Å². The minimum absolute atomic E-state index is 0. The van der Waals surface area contributed by atoms with Gasteiger partial charge in [0.25, 0.3) is 0 Å². The fourth-order valence-corrected chi connectivity index (χ4v) is 2.48. The van der Waals surface area contributed by atoms with Crippen molar-refractivity contribution in [1.29, 1.82) is 0 Å². The summed E-state index contributed by atoms with van der Waals surface area (Å²) < 4.78 is 0. The molecule has 0 aliphatic carbocycles. The molecule has 0 unspecified atom stereocenters. The standard InChI is InChI=1S/2C9H7.C6H5.CH3.2ClH.Hf/c2*1-2-5-9-7-3-6-8(9)4-1;1-2-4-6-5-3-1;;;;/h2*1-7H;1-5H;1H3;2*1H;/q4*-1;;;+4. The van der Waals surface area contributed by atoms with E-state index in [-0.39, 0.29) is 58.1 Å². The van der Waals surface area contributed by atoms with E-state index in [1.807, 2.05) is 30.3 Å². The monoisotopic (exact) mass is 574 g/mol. The van der Waals surface area contributed by atoms with Crippen LogP contribution in [0.2, 0.25) is 0 Å². The van der Waals surface area contributed by atoms with E-state index < -0.39 is 0 Å². The Morgan fingerprint density at radius 3 is 1.29 bits per heavy atom.